The SMILES string of the molecule is C#CC(=O)N1CCN(c2ccc(-c3cc(OCC(C)(C)OC)cn4ncc(C#N)c34)cn2)CC1.C#CC(=O)N1CCN(c2ccc(-c3cc(OCC)cn4ncc(C#N)c34)cn2)CC1.C#CC(=O)N1CCN(c2ccc(-c3cc(OCC4(O)CC4)cn4ncc(C#N)c34)cn2)CC1. The van der Waals surface area contributed by atoms with E-state index in [1.54, 1.807) is 84.9 Å². The van der Waals surface area contributed by atoms with Crippen molar-refractivity contribution in [1.82, 2.24) is 58.5 Å². The van der Waals surface area contributed by atoms with Gasteiger partial charge in [-0.05, 0) is 106 Å². The monoisotopic (exact) mass is 1300 g/mol. The zero-order valence-corrected chi connectivity index (χ0v) is 54.0. The number of ether oxygens (including phenoxy) is 4. The molecule has 13 rings (SSSR count). The van der Waals surface area contributed by atoms with Crippen LogP contribution < -0.4 is 28.9 Å². The largest absolute Gasteiger partial charge is 0.492 e. The first-order chi connectivity index (χ1) is 47.0. The van der Waals surface area contributed by atoms with Gasteiger partial charge >= 0.3 is 0 Å². The lowest BCUT2D eigenvalue weighted by Gasteiger charge is -2.34. The molecule has 9 aromatic rings. The summed E-state index contributed by atoms with van der Waals surface area (Å²) in [7, 11) is 1.64. The molecule has 0 unspecified atom stereocenters. The summed E-state index contributed by atoms with van der Waals surface area (Å²) in [6, 6.07) is 23.9. The number of carbonyl (C=O) groups excluding carboxylic acids is 3. The van der Waals surface area contributed by atoms with Crippen molar-refractivity contribution in [3.05, 3.63) is 127 Å². The summed E-state index contributed by atoms with van der Waals surface area (Å²) in [6.45, 7) is 14.2. The van der Waals surface area contributed by atoms with Crippen LogP contribution >= 0.6 is 0 Å². The predicted molar refractivity (Wildman–Crippen MR) is 360 cm³/mol. The molecule has 0 atom stereocenters. The highest BCUT2D eigenvalue weighted by Crippen LogP contribution is 2.38. The lowest BCUT2D eigenvalue weighted by Crippen LogP contribution is -2.48. The average Bonchev–Trinajstić information content (AvgIpc) is 1.70. The lowest BCUT2D eigenvalue weighted by molar-refractivity contribution is -0.126. The molecule has 1 aliphatic carbocycles. The van der Waals surface area contributed by atoms with E-state index in [-0.39, 0.29) is 24.3 Å². The third-order valence-electron chi connectivity index (χ3n) is 17.1. The van der Waals surface area contributed by atoms with E-state index >= 15 is 0 Å². The molecular weight excluding hydrogens is 1230 g/mol. The Kier molecular flexibility index (Phi) is 19.8. The van der Waals surface area contributed by atoms with E-state index < -0.39 is 11.2 Å². The van der Waals surface area contributed by atoms with Gasteiger partial charge in [-0.3, -0.25) is 14.4 Å². The van der Waals surface area contributed by atoms with Crippen LogP contribution in [0, 0.1) is 71.0 Å². The second-order valence-corrected chi connectivity index (χ2v) is 23.8. The van der Waals surface area contributed by atoms with Gasteiger partial charge in [-0.2, -0.15) is 31.1 Å². The second kappa shape index (κ2) is 29.0. The molecule has 0 radical (unpaired) electrons. The van der Waals surface area contributed by atoms with Crippen LogP contribution in [0.5, 0.6) is 17.2 Å². The molecule has 3 saturated heterocycles. The number of fused-ring (bicyclic) bond motifs is 3. The van der Waals surface area contributed by atoms with Crippen LogP contribution in [0.2, 0.25) is 0 Å². The number of methoxy groups -OCH3 is 1. The van der Waals surface area contributed by atoms with Crippen molar-refractivity contribution < 1.29 is 38.4 Å². The summed E-state index contributed by atoms with van der Waals surface area (Å²) in [5.74, 6) is 9.95. The fourth-order valence-corrected chi connectivity index (χ4v) is 11.3. The van der Waals surface area contributed by atoms with E-state index in [1.807, 2.05) is 75.4 Å². The Morgan fingerprint density at radius 3 is 1.12 bits per heavy atom. The van der Waals surface area contributed by atoms with E-state index in [1.165, 1.54) is 6.20 Å². The van der Waals surface area contributed by atoms with E-state index in [9.17, 15) is 35.3 Å². The Balaban J connectivity index is 0.000000148. The van der Waals surface area contributed by atoms with Gasteiger partial charge < -0.3 is 53.5 Å². The number of aromatic nitrogens is 9. The first kappa shape index (κ1) is 66.3. The highest BCUT2D eigenvalue weighted by atomic mass is 16.5. The molecule has 0 aromatic carbocycles. The number of nitrogens with zero attached hydrogens (tertiary/aromatic N) is 18. The van der Waals surface area contributed by atoms with Crippen LogP contribution in [-0.4, -0.2) is 198 Å². The number of pyridine rings is 6. The summed E-state index contributed by atoms with van der Waals surface area (Å²) < 4.78 is 27.9. The van der Waals surface area contributed by atoms with Crippen molar-refractivity contribution in [3.8, 4) is 106 Å². The normalized spacial score (nSPS) is 14.9. The van der Waals surface area contributed by atoms with E-state index in [0.717, 1.165) is 69.2 Å². The molecule has 26 nitrogen and oxygen atoms in total. The van der Waals surface area contributed by atoms with Crippen molar-refractivity contribution >= 4 is 51.7 Å². The minimum absolute atomic E-state index is 0.218. The summed E-state index contributed by atoms with van der Waals surface area (Å²) in [6.07, 6.45) is 32.3. The maximum atomic E-state index is 11.7. The van der Waals surface area contributed by atoms with E-state index in [2.05, 4.69) is 80.9 Å². The van der Waals surface area contributed by atoms with Gasteiger partial charge in [0.25, 0.3) is 17.7 Å². The van der Waals surface area contributed by atoms with Crippen molar-refractivity contribution in [1.29, 1.82) is 15.8 Å². The minimum atomic E-state index is -0.741. The predicted octanol–water partition coefficient (Wildman–Crippen LogP) is 5.76. The number of piperazine rings is 3. The molecule has 9 aromatic heterocycles. The van der Waals surface area contributed by atoms with Crippen molar-refractivity contribution in [2.45, 2.75) is 44.8 Å². The second-order valence-electron chi connectivity index (χ2n) is 23.8. The number of rotatable bonds is 15. The molecule has 3 amide bonds. The number of hydrogen-bond acceptors (Lipinski definition) is 20. The number of nitriles is 3. The smallest absolute Gasteiger partial charge is 0.298 e. The van der Waals surface area contributed by atoms with E-state index in [0.29, 0.717) is 137 Å². The van der Waals surface area contributed by atoms with Crippen molar-refractivity contribution in [2.75, 3.05) is 120 Å². The van der Waals surface area contributed by atoms with Gasteiger partial charge in [0.2, 0.25) is 0 Å². The standard InChI is InChI=1S/C25H26N6O3.C24H22N6O3.C22H20N6O2/c1-5-23(32)30-10-8-29(9-11-30)22-7-6-18(14-27-22)21-12-20(34-17-25(2,3)33-4)16-31-24(21)19(13-26)15-28-31;1-2-22(31)29-9-7-28(8-10-29)21-4-3-17(13-26-21)20-11-19(33-16-24(32)5-6-24)15-30-23(20)18(12-25)14-27-30;1-3-21(29)27-9-7-26(8-10-27)20-6-5-16(13-24-20)19-11-18(30-4-2)15-28-22(19)17(12-23)14-25-28/h1,6-7,12,14-16H,8-11,17H2,2-4H3;1,3-4,11,13-15,32H,5-10,16H2;1,5-6,11,13-15H,4,7-10H2,2H3. The van der Waals surface area contributed by atoms with Crippen LogP contribution in [0.4, 0.5) is 17.5 Å². The van der Waals surface area contributed by atoms with Gasteiger partial charge in [0.15, 0.2) is 0 Å². The van der Waals surface area contributed by atoms with Gasteiger partial charge in [0, 0.05) is 138 Å². The third kappa shape index (κ3) is 14.9. The van der Waals surface area contributed by atoms with Gasteiger partial charge in [0.05, 0.1) is 88.2 Å². The molecular formula is C71H68N18O8. The Labute approximate surface area is 560 Å². The molecule has 4 fully saturated rings. The van der Waals surface area contributed by atoms with Crippen LogP contribution in [0.15, 0.2) is 110 Å². The molecule has 26 heteroatoms. The number of anilines is 3. The number of terminal acetylenes is 3. The number of amides is 3. The van der Waals surface area contributed by atoms with Crippen LogP contribution in [0.3, 0.4) is 0 Å². The van der Waals surface area contributed by atoms with Gasteiger partial charge in [-0.25, -0.2) is 28.5 Å². The topological polar surface area (TPSA) is 290 Å². The molecule has 0 spiro atoms. The first-order valence-electron chi connectivity index (χ1n) is 31.3. The molecule has 1 saturated carbocycles. The molecule has 0 bridgehead atoms. The van der Waals surface area contributed by atoms with Crippen LogP contribution in [-0.2, 0) is 19.1 Å². The van der Waals surface area contributed by atoms with Crippen molar-refractivity contribution in [3.63, 3.8) is 0 Å². The van der Waals surface area contributed by atoms with Gasteiger partial charge in [0.1, 0.15) is 66.1 Å². The Morgan fingerprint density at radius 2 is 0.845 bits per heavy atom. The number of carbonyl (C=O) groups is 3. The Hall–Kier alpha value is -12.2. The van der Waals surface area contributed by atoms with Crippen LogP contribution in [0.1, 0.15) is 50.3 Å². The summed E-state index contributed by atoms with van der Waals surface area (Å²) in [5, 5.41) is 51.6. The molecule has 3 aliphatic heterocycles. The maximum absolute atomic E-state index is 11.7. The number of hydrogen-bond donors (Lipinski definition) is 1. The van der Waals surface area contributed by atoms with Gasteiger partial charge in [-0.15, -0.1) is 19.3 Å². The molecule has 97 heavy (non-hydrogen) atoms. The van der Waals surface area contributed by atoms with Crippen molar-refractivity contribution in [2.24, 2.45) is 0 Å². The summed E-state index contributed by atoms with van der Waals surface area (Å²) in [5.41, 5.74) is 7.23. The highest BCUT2D eigenvalue weighted by Gasteiger charge is 2.41. The van der Waals surface area contributed by atoms with Gasteiger partial charge in [-0.1, -0.05) is 0 Å². The molecule has 490 valence electrons. The highest BCUT2D eigenvalue weighted by molar-refractivity contribution is 5.94. The third-order valence-corrected chi connectivity index (χ3v) is 17.1. The summed E-state index contributed by atoms with van der Waals surface area (Å²) in [4.78, 5) is 60.3. The first-order valence-corrected chi connectivity index (χ1v) is 31.3. The Morgan fingerprint density at radius 1 is 0.515 bits per heavy atom. The fourth-order valence-electron chi connectivity index (χ4n) is 11.3. The fraction of sp³-hybridized carbons (Fsp3) is 0.324. The number of aliphatic hydroxyl groups is 1. The quantitative estimate of drug-likeness (QED) is 0.119. The molecule has 4 aliphatic rings. The molecule has 12 heterocycles. The van der Waals surface area contributed by atoms with Crippen LogP contribution in [0.25, 0.3) is 49.9 Å². The summed E-state index contributed by atoms with van der Waals surface area (Å²) >= 11 is 0. The zero-order valence-electron chi connectivity index (χ0n) is 54.0. The average molecular weight is 1300 g/mol. The maximum Gasteiger partial charge on any atom is 0.298 e. The lowest BCUT2D eigenvalue weighted by atomic mass is 10.1. The minimum Gasteiger partial charge on any atom is -0.492 e. The molecule has 1 N–H and O–H groups in total. The zero-order chi connectivity index (χ0) is 68.4. The Bertz CT molecular complexity index is 4660. The van der Waals surface area contributed by atoms with E-state index in [4.69, 9.17) is 38.2 Å².